The topological polar surface area (TPSA) is 76.7 Å². The molecule has 6 nitrogen and oxygen atoms in total. The molecule has 0 saturated carbocycles. The lowest BCUT2D eigenvalue weighted by Gasteiger charge is -2.24. The number of benzene rings is 2. The summed E-state index contributed by atoms with van der Waals surface area (Å²) in [6, 6.07) is 11.0. The maximum atomic E-state index is 12.9. The summed E-state index contributed by atoms with van der Waals surface area (Å²) in [6.45, 7) is 7.34. The van der Waals surface area contributed by atoms with Crippen LogP contribution in [-0.4, -0.2) is 18.6 Å². The van der Waals surface area contributed by atoms with Gasteiger partial charge in [-0.3, -0.25) is 9.59 Å². The number of hydrogen-bond acceptors (Lipinski definition) is 4. The molecule has 0 bridgehead atoms. The van der Waals surface area contributed by atoms with Crippen molar-refractivity contribution in [2.75, 3.05) is 17.4 Å². The van der Waals surface area contributed by atoms with Gasteiger partial charge in [0, 0.05) is 17.4 Å². The monoisotopic (exact) mass is 368 g/mol. The molecule has 0 unspecified atom stereocenters. The molecule has 3 rings (SSSR count). The summed E-state index contributed by atoms with van der Waals surface area (Å²) in [7, 11) is 0. The van der Waals surface area contributed by atoms with Crippen LogP contribution in [0.25, 0.3) is 0 Å². The molecule has 1 aliphatic heterocycles. The molecule has 0 radical (unpaired) electrons. The highest BCUT2D eigenvalue weighted by Crippen LogP contribution is 2.35. The van der Waals surface area contributed by atoms with E-state index in [2.05, 4.69) is 10.6 Å². The first-order valence-corrected chi connectivity index (χ1v) is 8.94. The van der Waals surface area contributed by atoms with Crippen molar-refractivity contribution in [3.05, 3.63) is 47.5 Å². The van der Waals surface area contributed by atoms with E-state index in [4.69, 9.17) is 9.47 Å². The molecule has 142 valence electrons. The third kappa shape index (κ3) is 3.74. The van der Waals surface area contributed by atoms with Gasteiger partial charge in [-0.05, 0) is 50.5 Å². The van der Waals surface area contributed by atoms with E-state index < -0.39 is 11.3 Å². The first-order valence-electron chi connectivity index (χ1n) is 8.94. The molecule has 0 aromatic heterocycles. The van der Waals surface area contributed by atoms with Crippen LogP contribution < -0.4 is 20.1 Å². The highest BCUT2D eigenvalue weighted by Gasteiger charge is 2.36. The molecule has 0 atom stereocenters. The van der Waals surface area contributed by atoms with E-state index in [1.165, 1.54) is 0 Å². The Morgan fingerprint density at radius 2 is 1.74 bits per heavy atom. The van der Waals surface area contributed by atoms with Crippen molar-refractivity contribution in [3.63, 3.8) is 0 Å². The van der Waals surface area contributed by atoms with E-state index in [9.17, 15) is 9.59 Å². The molecule has 0 saturated heterocycles. The number of rotatable bonds is 5. The lowest BCUT2D eigenvalue weighted by molar-refractivity contribution is -0.135. The van der Waals surface area contributed by atoms with Gasteiger partial charge in [0.25, 0.3) is 0 Å². The van der Waals surface area contributed by atoms with Gasteiger partial charge in [0.05, 0.1) is 0 Å². The third-order valence-electron chi connectivity index (χ3n) is 4.74. The predicted molar refractivity (Wildman–Crippen MR) is 104 cm³/mol. The summed E-state index contributed by atoms with van der Waals surface area (Å²) < 4.78 is 10.6. The number of para-hydroxylation sites is 1. The Hall–Kier alpha value is -3.02. The standard InChI is InChI=1S/C21H24N2O4/c1-5-14-8-6-7-13(2)18(14)23-20(25)21(3,4)19(24)22-15-9-10-16-17(11-15)27-12-26-16/h6-11H,5,12H2,1-4H3,(H,22,24)(H,23,25). The highest BCUT2D eigenvalue weighted by molar-refractivity contribution is 6.14. The molecule has 0 spiro atoms. The van der Waals surface area contributed by atoms with Crippen LogP contribution in [0.2, 0.25) is 0 Å². The van der Waals surface area contributed by atoms with E-state index in [1.54, 1.807) is 32.0 Å². The van der Waals surface area contributed by atoms with Gasteiger partial charge in [0.1, 0.15) is 5.41 Å². The van der Waals surface area contributed by atoms with Crippen LogP contribution in [0.1, 0.15) is 31.9 Å². The minimum absolute atomic E-state index is 0.164. The minimum atomic E-state index is -1.26. The molecule has 2 aromatic carbocycles. The summed E-state index contributed by atoms with van der Waals surface area (Å²) >= 11 is 0. The number of nitrogens with one attached hydrogen (secondary N) is 2. The molecule has 2 amide bonds. The second-order valence-corrected chi connectivity index (χ2v) is 7.06. The van der Waals surface area contributed by atoms with Crippen molar-refractivity contribution >= 4 is 23.2 Å². The van der Waals surface area contributed by atoms with Crippen molar-refractivity contribution in [2.45, 2.75) is 34.1 Å². The van der Waals surface area contributed by atoms with E-state index in [0.29, 0.717) is 17.2 Å². The lowest BCUT2D eigenvalue weighted by Crippen LogP contribution is -2.41. The zero-order valence-electron chi connectivity index (χ0n) is 16.0. The normalized spacial score (nSPS) is 12.6. The van der Waals surface area contributed by atoms with Crippen LogP contribution in [0.5, 0.6) is 11.5 Å². The Morgan fingerprint density at radius 1 is 1.04 bits per heavy atom. The fourth-order valence-corrected chi connectivity index (χ4v) is 2.84. The van der Waals surface area contributed by atoms with E-state index in [0.717, 1.165) is 23.2 Å². The van der Waals surface area contributed by atoms with Crippen molar-refractivity contribution in [2.24, 2.45) is 5.41 Å². The first-order chi connectivity index (χ1) is 12.8. The SMILES string of the molecule is CCc1cccc(C)c1NC(=O)C(C)(C)C(=O)Nc1ccc2c(c1)OCO2. The molecule has 0 fully saturated rings. The zero-order valence-corrected chi connectivity index (χ0v) is 16.0. The summed E-state index contributed by atoms with van der Waals surface area (Å²) in [5, 5.41) is 5.72. The van der Waals surface area contributed by atoms with Gasteiger partial charge in [-0.15, -0.1) is 0 Å². The maximum Gasteiger partial charge on any atom is 0.239 e. The molecular weight excluding hydrogens is 344 g/mol. The Bertz CT molecular complexity index is 890. The van der Waals surface area contributed by atoms with Gasteiger partial charge in [-0.2, -0.15) is 0 Å². The summed E-state index contributed by atoms with van der Waals surface area (Å²) in [4.78, 5) is 25.6. The molecule has 1 aliphatic rings. The molecule has 2 aromatic rings. The Morgan fingerprint density at radius 3 is 2.48 bits per heavy atom. The third-order valence-corrected chi connectivity index (χ3v) is 4.74. The van der Waals surface area contributed by atoms with Crippen LogP contribution in [0, 0.1) is 12.3 Å². The zero-order chi connectivity index (χ0) is 19.6. The van der Waals surface area contributed by atoms with Gasteiger partial charge in [-0.1, -0.05) is 25.1 Å². The number of carbonyl (C=O) groups is 2. The molecular formula is C21H24N2O4. The largest absolute Gasteiger partial charge is 0.454 e. The second kappa shape index (κ2) is 7.31. The second-order valence-electron chi connectivity index (χ2n) is 7.06. The number of fused-ring (bicyclic) bond motifs is 1. The van der Waals surface area contributed by atoms with Crippen molar-refractivity contribution in [3.8, 4) is 11.5 Å². The number of carbonyl (C=O) groups excluding carboxylic acids is 2. The van der Waals surface area contributed by atoms with Crippen LogP contribution in [0.3, 0.4) is 0 Å². The Labute approximate surface area is 158 Å². The number of ether oxygens (including phenoxy) is 2. The number of aryl methyl sites for hydroxylation is 2. The van der Waals surface area contributed by atoms with Crippen molar-refractivity contribution in [1.82, 2.24) is 0 Å². The maximum absolute atomic E-state index is 12.9. The molecule has 6 heteroatoms. The average Bonchev–Trinajstić information content (AvgIpc) is 3.10. The number of anilines is 2. The van der Waals surface area contributed by atoms with E-state index in [-0.39, 0.29) is 12.7 Å². The first kappa shape index (κ1) is 18.8. The van der Waals surface area contributed by atoms with Gasteiger partial charge < -0.3 is 20.1 Å². The molecule has 1 heterocycles. The fourth-order valence-electron chi connectivity index (χ4n) is 2.84. The van der Waals surface area contributed by atoms with Crippen molar-refractivity contribution < 1.29 is 19.1 Å². The lowest BCUT2D eigenvalue weighted by atomic mass is 9.90. The van der Waals surface area contributed by atoms with Crippen LogP contribution in [-0.2, 0) is 16.0 Å². The van der Waals surface area contributed by atoms with E-state index in [1.807, 2.05) is 32.0 Å². The summed E-state index contributed by atoms with van der Waals surface area (Å²) in [5.41, 5.74) is 2.07. The highest BCUT2D eigenvalue weighted by atomic mass is 16.7. The predicted octanol–water partition coefficient (Wildman–Crippen LogP) is 3.89. The fraction of sp³-hybridized carbons (Fsp3) is 0.333. The van der Waals surface area contributed by atoms with Gasteiger partial charge in [0.15, 0.2) is 11.5 Å². The Kier molecular flexibility index (Phi) is 5.08. The van der Waals surface area contributed by atoms with Crippen LogP contribution >= 0.6 is 0 Å². The molecule has 0 aliphatic carbocycles. The van der Waals surface area contributed by atoms with Gasteiger partial charge >= 0.3 is 0 Å². The van der Waals surface area contributed by atoms with Crippen molar-refractivity contribution in [1.29, 1.82) is 0 Å². The number of amides is 2. The van der Waals surface area contributed by atoms with E-state index >= 15 is 0 Å². The Balaban J connectivity index is 1.75. The smallest absolute Gasteiger partial charge is 0.239 e. The quantitative estimate of drug-likeness (QED) is 0.785. The summed E-state index contributed by atoms with van der Waals surface area (Å²) in [6.07, 6.45) is 0.793. The molecule has 27 heavy (non-hydrogen) atoms. The summed E-state index contributed by atoms with van der Waals surface area (Å²) in [5.74, 6) is 0.453. The van der Waals surface area contributed by atoms with Crippen LogP contribution in [0.4, 0.5) is 11.4 Å². The minimum Gasteiger partial charge on any atom is -0.454 e. The molecule has 2 N–H and O–H groups in total. The van der Waals surface area contributed by atoms with Gasteiger partial charge in [0.2, 0.25) is 18.6 Å². The van der Waals surface area contributed by atoms with Gasteiger partial charge in [-0.25, -0.2) is 0 Å². The number of hydrogen-bond donors (Lipinski definition) is 2. The van der Waals surface area contributed by atoms with Crippen LogP contribution in [0.15, 0.2) is 36.4 Å². The average molecular weight is 368 g/mol.